The van der Waals surface area contributed by atoms with Gasteiger partial charge in [-0.15, -0.1) is 0 Å². The van der Waals surface area contributed by atoms with Crippen molar-refractivity contribution in [2.75, 3.05) is 5.32 Å². The van der Waals surface area contributed by atoms with Gasteiger partial charge in [-0.1, -0.05) is 56.3 Å². The smallest absolute Gasteiger partial charge is 0.239 e. The maximum Gasteiger partial charge on any atom is 0.239 e. The third-order valence-electron chi connectivity index (χ3n) is 3.76. The Morgan fingerprint density at radius 1 is 1.00 bits per heavy atom. The van der Waals surface area contributed by atoms with Crippen LogP contribution < -0.4 is 5.32 Å². The highest BCUT2D eigenvalue weighted by atomic mass is 32.2. The molecule has 2 rings (SSSR count). The minimum Gasteiger partial charge on any atom is -0.325 e. The van der Waals surface area contributed by atoms with Gasteiger partial charge in [-0.05, 0) is 36.1 Å². The first kappa shape index (κ1) is 17.4. The molecule has 0 aliphatic heterocycles. The molecule has 23 heavy (non-hydrogen) atoms. The van der Waals surface area contributed by atoms with Crippen LogP contribution in [0.2, 0.25) is 0 Å². The molecule has 0 fully saturated rings. The number of hydrogen-bond donors (Lipinski definition) is 1. The number of rotatable bonds is 6. The molecule has 2 atom stereocenters. The highest BCUT2D eigenvalue weighted by Crippen LogP contribution is 2.16. The van der Waals surface area contributed by atoms with Crippen LogP contribution in [0.4, 0.5) is 5.69 Å². The molecular formula is C19H23NO2S. The van der Waals surface area contributed by atoms with Crippen molar-refractivity contribution in [2.24, 2.45) is 0 Å². The number of hydrogen-bond acceptors (Lipinski definition) is 2. The predicted molar refractivity (Wildman–Crippen MR) is 96.9 cm³/mol. The largest absolute Gasteiger partial charge is 0.325 e. The number of para-hydroxylation sites is 1. The van der Waals surface area contributed by atoms with E-state index in [9.17, 15) is 9.00 Å². The van der Waals surface area contributed by atoms with Crippen molar-refractivity contribution in [1.29, 1.82) is 0 Å². The lowest BCUT2D eigenvalue weighted by Crippen LogP contribution is -2.29. The second-order valence-electron chi connectivity index (χ2n) is 5.92. The summed E-state index contributed by atoms with van der Waals surface area (Å²) in [7, 11) is -1.25. The Labute approximate surface area is 140 Å². The van der Waals surface area contributed by atoms with E-state index in [4.69, 9.17) is 0 Å². The second kappa shape index (κ2) is 8.06. The Hall–Kier alpha value is -1.94. The van der Waals surface area contributed by atoms with Crippen LogP contribution in [-0.2, 0) is 21.3 Å². The van der Waals surface area contributed by atoms with E-state index in [0.29, 0.717) is 11.7 Å². The summed E-state index contributed by atoms with van der Waals surface area (Å²) in [4.78, 5) is 12.2. The van der Waals surface area contributed by atoms with E-state index in [1.807, 2.05) is 42.5 Å². The van der Waals surface area contributed by atoms with Crippen LogP contribution in [0.25, 0.3) is 0 Å². The van der Waals surface area contributed by atoms with Crippen molar-refractivity contribution in [2.45, 2.75) is 37.7 Å². The Morgan fingerprint density at radius 3 is 2.17 bits per heavy atom. The molecule has 1 amide bonds. The first-order chi connectivity index (χ1) is 11.0. The molecule has 2 unspecified atom stereocenters. The van der Waals surface area contributed by atoms with Gasteiger partial charge < -0.3 is 5.32 Å². The molecule has 1 N–H and O–H groups in total. The molecule has 0 aliphatic rings. The van der Waals surface area contributed by atoms with E-state index in [1.165, 1.54) is 5.56 Å². The van der Waals surface area contributed by atoms with Crippen molar-refractivity contribution in [1.82, 2.24) is 0 Å². The fourth-order valence-electron chi connectivity index (χ4n) is 2.17. The average Bonchev–Trinajstić information content (AvgIpc) is 2.55. The summed E-state index contributed by atoms with van der Waals surface area (Å²) >= 11 is 0. The quantitative estimate of drug-likeness (QED) is 0.868. The van der Waals surface area contributed by atoms with Crippen LogP contribution in [0, 0.1) is 0 Å². The number of nitrogens with one attached hydrogen (secondary N) is 1. The molecule has 0 saturated carbocycles. The minimum absolute atomic E-state index is 0.215. The lowest BCUT2D eigenvalue weighted by atomic mass is 10.0. The van der Waals surface area contributed by atoms with E-state index in [1.54, 1.807) is 6.92 Å². The van der Waals surface area contributed by atoms with Gasteiger partial charge in [0.2, 0.25) is 5.91 Å². The normalized spacial score (nSPS) is 13.6. The van der Waals surface area contributed by atoms with Crippen LogP contribution >= 0.6 is 0 Å². The monoisotopic (exact) mass is 329 g/mol. The zero-order chi connectivity index (χ0) is 16.8. The van der Waals surface area contributed by atoms with Crippen LogP contribution in [0.5, 0.6) is 0 Å². The van der Waals surface area contributed by atoms with Gasteiger partial charge in [0.1, 0.15) is 5.25 Å². The van der Waals surface area contributed by atoms with Gasteiger partial charge in [-0.2, -0.15) is 0 Å². The van der Waals surface area contributed by atoms with Gasteiger partial charge in [0.25, 0.3) is 0 Å². The van der Waals surface area contributed by atoms with Gasteiger partial charge in [-0.3, -0.25) is 9.00 Å². The fraction of sp³-hybridized carbons (Fsp3) is 0.316. The molecular weight excluding hydrogens is 306 g/mol. The zero-order valence-corrected chi connectivity index (χ0v) is 14.6. The summed E-state index contributed by atoms with van der Waals surface area (Å²) in [5, 5.41) is 2.24. The second-order valence-corrected chi connectivity index (χ2v) is 7.68. The molecule has 2 aromatic carbocycles. The number of carbonyl (C=O) groups excluding carboxylic acids is 1. The summed E-state index contributed by atoms with van der Waals surface area (Å²) in [6, 6.07) is 17.3. The predicted octanol–water partition coefficient (Wildman–Crippen LogP) is 4.09. The van der Waals surface area contributed by atoms with Crippen LogP contribution in [-0.4, -0.2) is 15.4 Å². The van der Waals surface area contributed by atoms with Crippen LogP contribution in [0.3, 0.4) is 0 Å². The Morgan fingerprint density at radius 2 is 1.61 bits per heavy atom. The fourth-order valence-corrected chi connectivity index (χ4v) is 3.24. The van der Waals surface area contributed by atoms with Gasteiger partial charge >= 0.3 is 0 Å². The maximum absolute atomic E-state index is 12.4. The van der Waals surface area contributed by atoms with Gasteiger partial charge in [-0.25, -0.2) is 0 Å². The molecule has 0 heterocycles. The number of anilines is 1. The molecule has 122 valence electrons. The molecule has 2 aromatic rings. The van der Waals surface area contributed by atoms with E-state index in [0.717, 1.165) is 11.3 Å². The lowest BCUT2D eigenvalue weighted by Gasteiger charge is -2.13. The summed E-state index contributed by atoms with van der Waals surface area (Å²) in [5.41, 5.74) is 2.98. The third-order valence-corrected chi connectivity index (χ3v) is 5.38. The Balaban J connectivity index is 1.95. The molecule has 4 heteroatoms. The third kappa shape index (κ3) is 5.03. The summed E-state index contributed by atoms with van der Waals surface area (Å²) in [6.45, 7) is 5.99. The van der Waals surface area contributed by atoms with E-state index >= 15 is 0 Å². The number of benzene rings is 2. The highest BCUT2D eigenvalue weighted by Gasteiger charge is 2.20. The molecule has 0 spiro atoms. The van der Waals surface area contributed by atoms with E-state index in [-0.39, 0.29) is 5.91 Å². The lowest BCUT2D eigenvalue weighted by molar-refractivity contribution is -0.115. The summed E-state index contributed by atoms with van der Waals surface area (Å²) in [6.07, 6.45) is 0. The first-order valence-electron chi connectivity index (χ1n) is 7.79. The Bertz CT molecular complexity index is 666. The molecule has 0 radical (unpaired) electrons. The first-order valence-corrected chi connectivity index (χ1v) is 9.17. The van der Waals surface area contributed by atoms with Crippen molar-refractivity contribution in [3.05, 3.63) is 65.7 Å². The topological polar surface area (TPSA) is 46.2 Å². The zero-order valence-electron chi connectivity index (χ0n) is 13.8. The minimum atomic E-state index is -1.25. The molecule has 0 aliphatic carbocycles. The number of amides is 1. The van der Waals surface area contributed by atoms with Crippen molar-refractivity contribution < 1.29 is 9.00 Å². The highest BCUT2D eigenvalue weighted by molar-refractivity contribution is 7.85. The van der Waals surface area contributed by atoms with Crippen molar-refractivity contribution in [3.8, 4) is 0 Å². The van der Waals surface area contributed by atoms with Gasteiger partial charge in [0.15, 0.2) is 0 Å². The van der Waals surface area contributed by atoms with Crippen LogP contribution in [0.15, 0.2) is 54.6 Å². The van der Waals surface area contributed by atoms with E-state index in [2.05, 4.69) is 31.3 Å². The number of carbonyl (C=O) groups is 1. The molecule has 0 bridgehead atoms. The molecule has 0 aromatic heterocycles. The molecule has 0 saturated heterocycles. The van der Waals surface area contributed by atoms with Crippen LogP contribution in [0.1, 0.15) is 37.8 Å². The van der Waals surface area contributed by atoms with E-state index < -0.39 is 16.0 Å². The summed E-state index contributed by atoms with van der Waals surface area (Å²) < 4.78 is 12.4. The standard InChI is InChI=1S/C19H23NO2S/c1-14(2)17-11-9-16(10-12-17)13-23(22)15(3)19(21)20-18-7-5-4-6-8-18/h4-12,14-15H,13H2,1-3H3,(H,20,21). The SMILES string of the molecule is CC(C)c1ccc(CS(=O)C(C)C(=O)Nc2ccccc2)cc1. The maximum atomic E-state index is 12.4. The van der Waals surface area contributed by atoms with Crippen molar-refractivity contribution in [3.63, 3.8) is 0 Å². The summed E-state index contributed by atoms with van der Waals surface area (Å²) in [5.74, 6) is 0.653. The molecule has 3 nitrogen and oxygen atoms in total. The van der Waals surface area contributed by atoms with Gasteiger partial charge in [0, 0.05) is 22.2 Å². The average molecular weight is 329 g/mol. The van der Waals surface area contributed by atoms with Gasteiger partial charge in [0.05, 0.1) is 0 Å². The Kier molecular flexibility index (Phi) is 6.11. The van der Waals surface area contributed by atoms with Crippen molar-refractivity contribution >= 4 is 22.4 Å².